The van der Waals surface area contributed by atoms with E-state index < -0.39 is 23.4 Å². The van der Waals surface area contributed by atoms with Crippen molar-refractivity contribution in [2.75, 3.05) is 6.61 Å². The Kier molecular flexibility index (Phi) is 13.6. The summed E-state index contributed by atoms with van der Waals surface area (Å²) in [5, 5.41) is 9.92. The molecule has 2 aromatic rings. The van der Waals surface area contributed by atoms with Gasteiger partial charge in [-0.05, 0) is 43.2 Å². The van der Waals surface area contributed by atoms with Crippen molar-refractivity contribution in [1.82, 2.24) is 0 Å². The fourth-order valence-corrected chi connectivity index (χ4v) is 4.07. The normalized spacial score (nSPS) is 12.1. The number of hydrogen-bond acceptors (Lipinski definition) is 6. The SMILES string of the molecule is C=CC(=O)OC(C#N)(CCCCCCCCCC)CCCOc1ccccc1C(=O)Oc1cc[c]cc1F. The highest BCUT2D eigenvalue weighted by Gasteiger charge is 2.33. The van der Waals surface area contributed by atoms with E-state index in [1.165, 1.54) is 43.9 Å². The van der Waals surface area contributed by atoms with E-state index in [1.54, 1.807) is 18.2 Å². The Hall–Kier alpha value is -3.66. The molecule has 7 heteroatoms. The topological polar surface area (TPSA) is 85.6 Å². The number of hydrogen-bond donors (Lipinski definition) is 0. The van der Waals surface area contributed by atoms with Crippen LogP contribution >= 0.6 is 0 Å². The number of halogens is 1. The third kappa shape index (κ3) is 10.4. The molecule has 0 amide bonds. The number of carbonyl (C=O) groups is 2. The van der Waals surface area contributed by atoms with Gasteiger partial charge in [-0.1, -0.05) is 76.6 Å². The Morgan fingerprint density at radius 1 is 1.03 bits per heavy atom. The van der Waals surface area contributed by atoms with Crippen LogP contribution in [0, 0.1) is 23.2 Å². The van der Waals surface area contributed by atoms with Crippen molar-refractivity contribution < 1.29 is 28.2 Å². The molecule has 0 saturated carbocycles. The van der Waals surface area contributed by atoms with Gasteiger partial charge in [-0.2, -0.15) is 5.26 Å². The third-order valence-corrected chi connectivity index (χ3v) is 6.17. The average molecular weight is 523 g/mol. The van der Waals surface area contributed by atoms with E-state index in [2.05, 4.69) is 25.6 Å². The van der Waals surface area contributed by atoms with Gasteiger partial charge >= 0.3 is 11.9 Å². The van der Waals surface area contributed by atoms with E-state index in [0.717, 1.165) is 37.8 Å². The van der Waals surface area contributed by atoms with Crippen LogP contribution in [0.2, 0.25) is 0 Å². The maximum Gasteiger partial charge on any atom is 0.347 e. The Labute approximate surface area is 225 Å². The van der Waals surface area contributed by atoms with Gasteiger partial charge in [-0.3, -0.25) is 0 Å². The van der Waals surface area contributed by atoms with Gasteiger partial charge in [0.1, 0.15) is 17.4 Å². The maximum atomic E-state index is 13.9. The van der Waals surface area contributed by atoms with Crippen LogP contribution in [0.5, 0.6) is 11.5 Å². The van der Waals surface area contributed by atoms with E-state index in [1.807, 2.05) is 0 Å². The van der Waals surface area contributed by atoms with Crippen molar-refractivity contribution >= 4 is 11.9 Å². The fourth-order valence-electron chi connectivity index (χ4n) is 4.07. The van der Waals surface area contributed by atoms with Crippen molar-refractivity contribution in [3.05, 3.63) is 72.6 Å². The maximum absolute atomic E-state index is 13.9. The van der Waals surface area contributed by atoms with Crippen LogP contribution in [-0.4, -0.2) is 24.1 Å². The Morgan fingerprint density at radius 2 is 1.71 bits per heavy atom. The molecule has 0 spiro atoms. The second-order valence-electron chi connectivity index (χ2n) is 9.15. The summed E-state index contributed by atoms with van der Waals surface area (Å²) in [7, 11) is 0. The number of nitrogens with zero attached hydrogens (tertiary/aromatic N) is 1. The van der Waals surface area contributed by atoms with Crippen molar-refractivity contribution in [3.63, 3.8) is 0 Å². The van der Waals surface area contributed by atoms with Gasteiger partial charge in [-0.15, -0.1) is 0 Å². The van der Waals surface area contributed by atoms with Crippen molar-refractivity contribution in [3.8, 4) is 17.6 Å². The van der Waals surface area contributed by atoms with Crippen molar-refractivity contribution in [2.45, 2.75) is 83.2 Å². The van der Waals surface area contributed by atoms with Crippen LogP contribution in [-0.2, 0) is 9.53 Å². The number of rotatable bonds is 18. The zero-order chi connectivity index (χ0) is 27.6. The second-order valence-corrected chi connectivity index (χ2v) is 9.15. The first kappa shape index (κ1) is 30.6. The molecule has 38 heavy (non-hydrogen) atoms. The highest BCUT2D eigenvalue weighted by molar-refractivity contribution is 5.94. The standard InChI is InChI=1S/C31H37FNO5/c1-3-5-6-7-8-9-10-15-21-31(24-33,38-29(34)4-2)22-16-23-36-27-19-13-11-17-25(27)30(35)37-28-20-14-12-18-26(28)32/h4,11,13-14,17-20H,2-3,5-10,15-16,21-23H2,1H3. The van der Waals surface area contributed by atoms with Gasteiger partial charge < -0.3 is 14.2 Å². The Balaban J connectivity index is 1.92. The molecule has 0 N–H and O–H groups in total. The lowest BCUT2D eigenvalue weighted by atomic mass is 9.91. The first-order valence-corrected chi connectivity index (χ1v) is 13.3. The first-order chi connectivity index (χ1) is 18.4. The van der Waals surface area contributed by atoms with Gasteiger partial charge in [0, 0.05) is 18.9 Å². The lowest BCUT2D eigenvalue weighted by Crippen LogP contribution is -2.33. The van der Waals surface area contributed by atoms with Gasteiger partial charge in [-0.25, -0.2) is 14.0 Å². The van der Waals surface area contributed by atoms with Crippen molar-refractivity contribution in [2.24, 2.45) is 0 Å². The Bertz CT molecular complexity index is 1080. The summed E-state index contributed by atoms with van der Waals surface area (Å²) >= 11 is 0. The first-order valence-electron chi connectivity index (χ1n) is 13.3. The van der Waals surface area contributed by atoms with E-state index in [4.69, 9.17) is 14.2 Å². The molecule has 0 saturated heterocycles. The van der Waals surface area contributed by atoms with Gasteiger partial charge in [0.2, 0.25) is 0 Å². The highest BCUT2D eigenvalue weighted by atomic mass is 19.1. The molecule has 203 valence electrons. The molecule has 0 aliphatic rings. The number of ether oxygens (including phenoxy) is 3. The zero-order valence-corrected chi connectivity index (χ0v) is 22.2. The lowest BCUT2D eigenvalue weighted by Gasteiger charge is -2.26. The molecule has 1 unspecified atom stereocenters. The molecular weight excluding hydrogens is 485 g/mol. The smallest absolute Gasteiger partial charge is 0.347 e. The summed E-state index contributed by atoms with van der Waals surface area (Å²) in [6.07, 6.45) is 11.1. The molecular formula is C31H37FNO5. The van der Waals surface area contributed by atoms with Crippen LogP contribution in [0.15, 0.2) is 55.1 Å². The largest absolute Gasteiger partial charge is 0.493 e. The van der Waals surface area contributed by atoms with Gasteiger partial charge in [0.05, 0.1) is 6.61 Å². The highest BCUT2D eigenvalue weighted by Crippen LogP contribution is 2.27. The molecule has 6 nitrogen and oxygen atoms in total. The lowest BCUT2D eigenvalue weighted by molar-refractivity contribution is -0.149. The van der Waals surface area contributed by atoms with Gasteiger partial charge in [0.25, 0.3) is 0 Å². The minimum atomic E-state index is -1.27. The molecule has 2 rings (SSSR count). The van der Waals surface area contributed by atoms with E-state index >= 15 is 0 Å². The third-order valence-electron chi connectivity index (χ3n) is 6.17. The van der Waals surface area contributed by atoms with Crippen LogP contribution in [0.25, 0.3) is 0 Å². The summed E-state index contributed by atoms with van der Waals surface area (Å²) in [4.78, 5) is 24.6. The summed E-state index contributed by atoms with van der Waals surface area (Å²) in [5.74, 6) is -2.02. The van der Waals surface area contributed by atoms with E-state index in [-0.39, 0.29) is 30.1 Å². The molecule has 0 aromatic heterocycles. The molecule has 1 radical (unpaired) electrons. The number of para-hydroxylation sites is 1. The predicted octanol–water partition coefficient (Wildman–Crippen LogP) is 7.53. The number of carbonyl (C=O) groups excluding carboxylic acids is 2. The summed E-state index contributed by atoms with van der Waals surface area (Å²) in [6, 6.07) is 15.1. The predicted molar refractivity (Wildman–Crippen MR) is 143 cm³/mol. The number of nitriles is 1. The molecule has 0 bridgehead atoms. The zero-order valence-electron chi connectivity index (χ0n) is 22.2. The van der Waals surface area contributed by atoms with Crippen LogP contribution in [0.3, 0.4) is 0 Å². The van der Waals surface area contributed by atoms with Crippen LogP contribution in [0.4, 0.5) is 4.39 Å². The molecule has 0 aliphatic carbocycles. The van der Waals surface area contributed by atoms with Crippen molar-refractivity contribution in [1.29, 1.82) is 5.26 Å². The van der Waals surface area contributed by atoms with E-state index in [9.17, 15) is 19.2 Å². The molecule has 0 fully saturated rings. The van der Waals surface area contributed by atoms with Gasteiger partial charge in [0.15, 0.2) is 17.2 Å². The van der Waals surface area contributed by atoms with Crippen LogP contribution < -0.4 is 9.47 Å². The molecule has 1 atom stereocenters. The second kappa shape index (κ2) is 17.0. The number of benzene rings is 2. The average Bonchev–Trinajstić information content (AvgIpc) is 2.93. The van der Waals surface area contributed by atoms with E-state index in [0.29, 0.717) is 12.8 Å². The summed E-state index contributed by atoms with van der Waals surface area (Å²) in [6.45, 7) is 5.81. The minimum Gasteiger partial charge on any atom is -0.493 e. The molecule has 0 heterocycles. The molecule has 0 aliphatic heterocycles. The van der Waals surface area contributed by atoms with Crippen LogP contribution in [0.1, 0.15) is 87.9 Å². The summed E-state index contributed by atoms with van der Waals surface area (Å²) < 4.78 is 30.4. The monoisotopic (exact) mass is 522 g/mol. The Morgan fingerprint density at radius 3 is 2.39 bits per heavy atom. The number of esters is 2. The molecule has 2 aromatic carbocycles. The fraction of sp³-hybridized carbons (Fsp3) is 0.452. The minimum absolute atomic E-state index is 0.142. The quantitative estimate of drug-likeness (QED) is 0.0871. The summed E-state index contributed by atoms with van der Waals surface area (Å²) in [5.41, 5.74) is -1.12. The number of unbranched alkanes of at least 4 members (excludes halogenated alkanes) is 7.